The van der Waals surface area contributed by atoms with Crippen molar-refractivity contribution in [3.8, 4) is 0 Å². The summed E-state index contributed by atoms with van der Waals surface area (Å²) in [6, 6.07) is -0.429. The van der Waals surface area contributed by atoms with E-state index in [-0.39, 0.29) is 25.4 Å². The Kier molecular flexibility index (Phi) is 6.27. The van der Waals surface area contributed by atoms with Crippen molar-refractivity contribution in [2.75, 3.05) is 20.2 Å². The third-order valence-electron chi connectivity index (χ3n) is 3.04. The van der Waals surface area contributed by atoms with Crippen molar-refractivity contribution >= 4 is 17.9 Å². The first-order valence-corrected chi connectivity index (χ1v) is 6.36. The fraction of sp³-hybridized carbons (Fsp3) is 0.750. The zero-order valence-electron chi connectivity index (χ0n) is 11.1. The molecule has 7 heteroatoms. The molecule has 0 spiro atoms. The molecule has 3 amide bonds. The van der Waals surface area contributed by atoms with Crippen LogP contribution in [0.3, 0.4) is 0 Å². The number of likely N-dealkylation sites (tertiary alicyclic amines) is 1. The molecule has 0 aromatic rings. The lowest BCUT2D eigenvalue weighted by molar-refractivity contribution is -0.137. The van der Waals surface area contributed by atoms with Crippen molar-refractivity contribution in [3.05, 3.63) is 0 Å². The zero-order chi connectivity index (χ0) is 14.3. The van der Waals surface area contributed by atoms with Gasteiger partial charge in [-0.3, -0.25) is 14.9 Å². The van der Waals surface area contributed by atoms with Crippen LogP contribution in [0.25, 0.3) is 0 Å². The maximum Gasteiger partial charge on any atom is 0.324 e. The summed E-state index contributed by atoms with van der Waals surface area (Å²) in [4.78, 5) is 35.1. The number of piperidine rings is 1. The first-order chi connectivity index (χ1) is 9.02. The number of carbonyl (C=O) groups is 3. The number of hydrogen-bond donors (Lipinski definition) is 2. The van der Waals surface area contributed by atoms with Crippen molar-refractivity contribution in [1.82, 2.24) is 10.2 Å². The quantitative estimate of drug-likeness (QED) is 0.763. The summed E-state index contributed by atoms with van der Waals surface area (Å²) in [7, 11) is 1.60. The van der Waals surface area contributed by atoms with Crippen molar-refractivity contribution in [2.24, 2.45) is 0 Å². The van der Waals surface area contributed by atoms with Crippen LogP contribution in [0.15, 0.2) is 0 Å². The van der Waals surface area contributed by atoms with E-state index >= 15 is 0 Å². The summed E-state index contributed by atoms with van der Waals surface area (Å²) >= 11 is 0. The van der Waals surface area contributed by atoms with E-state index in [4.69, 9.17) is 9.84 Å². The Morgan fingerprint density at radius 2 is 2.11 bits per heavy atom. The SMILES string of the molecule is COC1CCCN(C(=O)NC(=O)CCCC(=O)O)C1. The molecule has 1 aliphatic rings. The number of ether oxygens (including phenoxy) is 1. The lowest BCUT2D eigenvalue weighted by Gasteiger charge is -2.31. The first kappa shape index (κ1) is 15.4. The highest BCUT2D eigenvalue weighted by molar-refractivity contribution is 5.94. The molecule has 1 unspecified atom stereocenters. The van der Waals surface area contributed by atoms with E-state index in [9.17, 15) is 14.4 Å². The van der Waals surface area contributed by atoms with Gasteiger partial charge >= 0.3 is 12.0 Å². The van der Waals surface area contributed by atoms with Gasteiger partial charge in [-0.1, -0.05) is 0 Å². The Labute approximate surface area is 111 Å². The van der Waals surface area contributed by atoms with Crippen molar-refractivity contribution in [2.45, 2.75) is 38.2 Å². The van der Waals surface area contributed by atoms with Gasteiger partial charge < -0.3 is 14.7 Å². The summed E-state index contributed by atoms with van der Waals surface area (Å²) < 4.78 is 5.20. The number of carbonyl (C=O) groups excluding carboxylic acids is 2. The second-order valence-electron chi connectivity index (χ2n) is 4.55. The van der Waals surface area contributed by atoms with Gasteiger partial charge in [0.1, 0.15) is 0 Å². The molecule has 1 rings (SSSR count). The van der Waals surface area contributed by atoms with Crippen LogP contribution >= 0.6 is 0 Å². The molecular weight excluding hydrogens is 252 g/mol. The van der Waals surface area contributed by atoms with Crippen LogP contribution in [0.5, 0.6) is 0 Å². The fourth-order valence-electron chi connectivity index (χ4n) is 1.98. The average Bonchev–Trinajstić information content (AvgIpc) is 2.38. The van der Waals surface area contributed by atoms with E-state index in [1.807, 2.05) is 0 Å². The monoisotopic (exact) mass is 272 g/mol. The van der Waals surface area contributed by atoms with Crippen molar-refractivity contribution < 1.29 is 24.2 Å². The number of rotatable bonds is 5. The molecule has 1 fully saturated rings. The lowest BCUT2D eigenvalue weighted by atomic mass is 10.1. The van der Waals surface area contributed by atoms with E-state index in [1.54, 1.807) is 12.0 Å². The molecule has 108 valence electrons. The molecular formula is C12H20N2O5. The molecule has 0 radical (unpaired) electrons. The molecule has 2 N–H and O–H groups in total. The van der Waals surface area contributed by atoms with E-state index in [1.165, 1.54) is 0 Å². The minimum absolute atomic E-state index is 0.0154. The highest BCUT2D eigenvalue weighted by Gasteiger charge is 2.24. The molecule has 0 aromatic heterocycles. The third kappa shape index (κ3) is 5.69. The van der Waals surface area contributed by atoms with Crippen LogP contribution in [-0.2, 0) is 14.3 Å². The maximum absolute atomic E-state index is 11.8. The van der Waals surface area contributed by atoms with Gasteiger partial charge in [0.2, 0.25) is 5.91 Å². The molecule has 1 atom stereocenters. The summed E-state index contributed by atoms with van der Waals surface area (Å²) in [5.74, 6) is -1.39. The lowest BCUT2D eigenvalue weighted by Crippen LogP contribution is -2.49. The summed E-state index contributed by atoms with van der Waals surface area (Å²) in [6.45, 7) is 1.08. The summed E-state index contributed by atoms with van der Waals surface area (Å²) in [5, 5.41) is 10.7. The molecule has 0 saturated carbocycles. The van der Waals surface area contributed by atoms with Gasteiger partial charge in [0.15, 0.2) is 0 Å². The molecule has 0 bridgehead atoms. The van der Waals surface area contributed by atoms with E-state index < -0.39 is 17.9 Å². The van der Waals surface area contributed by atoms with Gasteiger partial charge in [-0.2, -0.15) is 0 Å². The van der Waals surface area contributed by atoms with E-state index in [0.29, 0.717) is 13.1 Å². The highest BCUT2D eigenvalue weighted by Crippen LogP contribution is 2.12. The van der Waals surface area contributed by atoms with Gasteiger partial charge in [-0.25, -0.2) is 4.79 Å². The third-order valence-corrected chi connectivity index (χ3v) is 3.04. The van der Waals surface area contributed by atoms with Gasteiger partial charge in [-0.15, -0.1) is 0 Å². The van der Waals surface area contributed by atoms with Crippen LogP contribution in [0.1, 0.15) is 32.1 Å². The normalized spacial score (nSPS) is 19.0. The molecule has 7 nitrogen and oxygen atoms in total. The van der Waals surface area contributed by atoms with Crippen LogP contribution in [-0.4, -0.2) is 54.2 Å². The largest absolute Gasteiger partial charge is 0.481 e. The van der Waals surface area contributed by atoms with E-state index in [0.717, 1.165) is 12.8 Å². The number of aliphatic carboxylic acids is 1. The predicted molar refractivity (Wildman–Crippen MR) is 66.6 cm³/mol. The number of hydrogen-bond acceptors (Lipinski definition) is 4. The van der Waals surface area contributed by atoms with Gasteiger partial charge in [0, 0.05) is 33.0 Å². The Morgan fingerprint density at radius 3 is 2.74 bits per heavy atom. The number of urea groups is 1. The Hall–Kier alpha value is -1.63. The molecule has 0 aromatic carbocycles. The second kappa shape index (κ2) is 7.73. The van der Waals surface area contributed by atoms with Crippen LogP contribution in [0.4, 0.5) is 4.79 Å². The Bertz CT molecular complexity index is 345. The Balaban J connectivity index is 2.29. The Morgan fingerprint density at radius 1 is 1.37 bits per heavy atom. The van der Waals surface area contributed by atoms with Crippen molar-refractivity contribution in [1.29, 1.82) is 0 Å². The number of methoxy groups -OCH3 is 1. The predicted octanol–water partition coefficient (Wildman–Crippen LogP) is 0.588. The standard InChI is InChI=1S/C12H20N2O5/c1-19-9-4-3-7-14(8-9)12(18)13-10(15)5-2-6-11(16)17/h9H,2-8H2,1H3,(H,16,17)(H,13,15,18). The second-order valence-corrected chi connectivity index (χ2v) is 4.55. The number of nitrogens with one attached hydrogen (secondary N) is 1. The van der Waals surface area contributed by atoms with Gasteiger partial charge in [-0.05, 0) is 19.3 Å². The number of amides is 3. The summed E-state index contributed by atoms with van der Waals surface area (Å²) in [5.41, 5.74) is 0. The van der Waals surface area contributed by atoms with Crippen LogP contribution in [0, 0.1) is 0 Å². The number of imide groups is 1. The maximum atomic E-state index is 11.8. The van der Waals surface area contributed by atoms with Gasteiger partial charge in [0.05, 0.1) is 6.10 Å². The van der Waals surface area contributed by atoms with E-state index in [2.05, 4.69) is 5.32 Å². The van der Waals surface area contributed by atoms with Crippen LogP contribution in [0.2, 0.25) is 0 Å². The van der Waals surface area contributed by atoms with Crippen LogP contribution < -0.4 is 5.32 Å². The number of carboxylic acids is 1. The summed E-state index contributed by atoms with van der Waals surface area (Å²) in [6.07, 6.45) is 1.97. The topological polar surface area (TPSA) is 95.9 Å². The number of nitrogens with zero attached hydrogens (tertiary/aromatic N) is 1. The molecule has 1 aliphatic heterocycles. The van der Waals surface area contributed by atoms with Crippen molar-refractivity contribution in [3.63, 3.8) is 0 Å². The minimum Gasteiger partial charge on any atom is -0.481 e. The highest BCUT2D eigenvalue weighted by atomic mass is 16.5. The minimum atomic E-state index is -0.946. The zero-order valence-corrected chi connectivity index (χ0v) is 11.1. The van der Waals surface area contributed by atoms with Gasteiger partial charge in [0.25, 0.3) is 0 Å². The molecule has 19 heavy (non-hydrogen) atoms. The number of carboxylic acid groups (broad SMARTS) is 1. The first-order valence-electron chi connectivity index (χ1n) is 6.36. The smallest absolute Gasteiger partial charge is 0.324 e. The molecule has 1 heterocycles. The molecule has 0 aliphatic carbocycles. The average molecular weight is 272 g/mol. The fourth-order valence-corrected chi connectivity index (χ4v) is 1.98. The molecule has 1 saturated heterocycles.